The quantitative estimate of drug-likeness (QED) is 0.594. The van der Waals surface area contributed by atoms with Crippen LogP contribution < -0.4 is 10.2 Å². The monoisotopic (exact) mass is 358 g/mol. The molecule has 0 radical (unpaired) electrons. The van der Waals surface area contributed by atoms with Crippen LogP contribution in [-0.4, -0.2) is 32.5 Å². The average molecular weight is 358 g/mol. The van der Waals surface area contributed by atoms with Gasteiger partial charge in [-0.3, -0.25) is 9.78 Å². The zero-order valence-electron chi connectivity index (χ0n) is 14.8. The van der Waals surface area contributed by atoms with Gasteiger partial charge in [-0.25, -0.2) is 9.50 Å². The van der Waals surface area contributed by atoms with Crippen LogP contribution in [0.4, 0.5) is 11.5 Å². The van der Waals surface area contributed by atoms with Crippen LogP contribution in [0, 0.1) is 0 Å². The van der Waals surface area contributed by atoms with Crippen LogP contribution in [0.1, 0.15) is 15.9 Å². The fourth-order valence-corrected chi connectivity index (χ4v) is 2.76. The Kier molecular flexibility index (Phi) is 4.49. The first-order valence-corrected chi connectivity index (χ1v) is 8.52. The minimum Gasteiger partial charge on any atom is -0.348 e. The maximum Gasteiger partial charge on any atom is 0.257 e. The lowest BCUT2D eigenvalue weighted by atomic mass is 10.2. The highest BCUT2D eigenvalue weighted by Gasteiger charge is 2.15. The summed E-state index contributed by atoms with van der Waals surface area (Å²) in [4.78, 5) is 23.3. The first kappa shape index (κ1) is 16.7. The molecule has 3 aromatic heterocycles. The van der Waals surface area contributed by atoms with Crippen molar-refractivity contribution in [1.29, 1.82) is 0 Å². The van der Waals surface area contributed by atoms with Crippen molar-refractivity contribution in [3.8, 4) is 0 Å². The van der Waals surface area contributed by atoms with Gasteiger partial charge in [-0.15, -0.1) is 0 Å². The van der Waals surface area contributed by atoms with E-state index < -0.39 is 0 Å². The highest BCUT2D eigenvalue weighted by molar-refractivity contribution is 5.99. The van der Waals surface area contributed by atoms with Gasteiger partial charge in [0.05, 0.1) is 18.1 Å². The molecule has 3 heterocycles. The molecule has 0 bridgehead atoms. The summed E-state index contributed by atoms with van der Waals surface area (Å²) in [6, 6.07) is 15.4. The lowest BCUT2D eigenvalue weighted by Crippen LogP contribution is -2.23. The van der Waals surface area contributed by atoms with Crippen LogP contribution in [-0.2, 0) is 6.54 Å². The first-order valence-electron chi connectivity index (χ1n) is 8.52. The highest BCUT2D eigenvalue weighted by Crippen LogP contribution is 2.21. The Balaban J connectivity index is 1.59. The number of hydrogen-bond donors (Lipinski definition) is 1. The Labute approximate surface area is 156 Å². The molecule has 0 aliphatic heterocycles. The molecule has 1 aromatic carbocycles. The minimum absolute atomic E-state index is 0.206. The van der Waals surface area contributed by atoms with E-state index in [0.29, 0.717) is 23.6 Å². The topological polar surface area (TPSA) is 75.4 Å². The predicted octanol–water partition coefficient (Wildman–Crippen LogP) is 2.82. The molecule has 7 heteroatoms. The third-order valence-electron chi connectivity index (χ3n) is 4.27. The second-order valence-corrected chi connectivity index (χ2v) is 6.05. The van der Waals surface area contributed by atoms with E-state index in [1.807, 2.05) is 60.5 Å². The number of nitrogens with zero attached hydrogens (tertiary/aromatic N) is 5. The Hall–Kier alpha value is -3.74. The van der Waals surface area contributed by atoms with E-state index in [0.717, 1.165) is 11.3 Å². The molecule has 134 valence electrons. The molecule has 4 aromatic rings. The van der Waals surface area contributed by atoms with Crippen molar-refractivity contribution in [2.75, 3.05) is 11.9 Å². The summed E-state index contributed by atoms with van der Waals surface area (Å²) in [6.07, 6.45) is 6.81. The Morgan fingerprint density at radius 3 is 2.74 bits per heavy atom. The molecule has 0 saturated heterocycles. The smallest absolute Gasteiger partial charge is 0.257 e. The minimum atomic E-state index is -0.206. The van der Waals surface area contributed by atoms with Crippen molar-refractivity contribution in [1.82, 2.24) is 24.9 Å². The number of carbonyl (C=O) groups excluding carboxylic acids is 1. The second-order valence-electron chi connectivity index (χ2n) is 6.05. The van der Waals surface area contributed by atoms with Gasteiger partial charge in [0.25, 0.3) is 5.91 Å². The number of aromatic nitrogens is 4. The predicted molar refractivity (Wildman–Crippen MR) is 103 cm³/mol. The van der Waals surface area contributed by atoms with Crippen molar-refractivity contribution in [2.45, 2.75) is 6.54 Å². The van der Waals surface area contributed by atoms with E-state index >= 15 is 0 Å². The van der Waals surface area contributed by atoms with Crippen LogP contribution in [0.5, 0.6) is 0 Å². The van der Waals surface area contributed by atoms with E-state index in [4.69, 9.17) is 0 Å². The zero-order chi connectivity index (χ0) is 18.6. The standard InChI is InChI=1S/C20H18N6O/c1-25(16-8-5-10-21-13-16)18-9-11-26-19(24-18)17(14-23-26)20(27)22-12-15-6-3-2-4-7-15/h2-11,13-14H,12H2,1H3,(H,22,27). The van der Waals surface area contributed by atoms with Crippen LogP contribution >= 0.6 is 0 Å². The summed E-state index contributed by atoms with van der Waals surface area (Å²) in [5, 5.41) is 7.15. The average Bonchev–Trinajstić information content (AvgIpc) is 3.16. The fourth-order valence-electron chi connectivity index (χ4n) is 2.76. The Bertz CT molecular complexity index is 1060. The van der Waals surface area contributed by atoms with E-state index in [2.05, 4.69) is 20.4 Å². The van der Waals surface area contributed by atoms with Crippen molar-refractivity contribution in [3.63, 3.8) is 0 Å². The number of rotatable bonds is 5. The summed E-state index contributed by atoms with van der Waals surface area (Å²) in [6.45, 7) is 0.451. The first-order chi connectivity index (χ1) is 13.2. The van der Waals surface area contributed by atoms with Gasteiger partial charge in [-0.05, 0) is 23.8 Å². The summed E-state index contributed by atoms with van der Waals surface area (Å²) in [5.74, 6) is 0.496. The van der Waals surface area contributed by atoms with Crippen LogP contribution in [0.3, 0.4) is 0 Å². The molecule has 1 amide bonds. The molecular formula is C20H18N6O. The number of pyridine rings is 1. The molecule has 0 atom stereocenters. The largest absolute Gasteiger partial charge is 0.348 e. The number of carbonyl (C=O) groups is 1. The maximum absolute atomic E-state index is 12.6. The van der Waals surface area contributed by atoms with E-state index in [1.165, 1.54) is 6.20 Å². The molecule has 0 unspecified atom stereocenters. The van der Waals surface area contributed by atoms with Crippen molar-refractivity contribution in [3.05, 3.63) is 84.4 Å². The normalized spacial score (nSPS) is 10.7. The highest BCUT2D eigenvalue weighted by atomic mass is 16.1. The van der Waals surface area contributed by atoms with Crippen molar-refractivity contribution in [2.24, 2.45) is 0 Å². The van der Waals surface area contributed by atoms with E-state index in [9.17, 15) is 4.79 Å². The fraction of sp³-hybridized carbons (Fsp3) is 0.100. The van der Waals surface area contributed by atoms with Gasteiger partial charge in [0.15, 0.2) is 5.65 Å². The number of fused-ring (bicyclic) bond motifs is 1. The maximum atomic E-state index is 12.6. The van der Waals surface area contributed by atoms with E-state index in [-0.39, 0.29) is 5.91 Å². The molecule has 0 saturated carbocycles. The van der Waals surface area contributed by atoms with Crippen LogP contribution in [0.25, 0.3) is 5.65 Å². The van der Waals surface area contributed by atoms with E-state index in [1.54, 1.807) is 23.1 Å². The molecule has 0 aliphatic carbocycles. The Morgan fingerprint density at radius 2 is 1.96 bits per heavy atom. The van der Waals surface area contributed by atoms with Gasteiger partial charge in [-0.1, -0.05) is 30.3 Å². The lowest BCUT2D eigenvalue weighted by molar-refractivity contribution is 0.0952. The van der Waals surface area contributed by atoms with Gasteiger partial charge < -0.3 is 10.2 Å². The SMILES string of the molecule is CN(c1cccnc1)c1ccn2ncc(C(=O)NCc3ccccc3)c2n1. The van der Waals surface area contributed by atoms with Gasteiger partial charge in [-0.2, -0.15) is 5.10 Å². The molecule has 0 fully saturated rings. The van der Waals surface area contributed by atoms with Gasteiger partial charge >= 0.3 is 0 Å². The number of anilines is 2. The van der Waals surface area contributed by atoms with Gasteiger partial charge in [0.2, 0.25) is 0 Å². The molecule has 0 aliphatic rings. The third-order valence-corrected chi connectivity index (χ3v) is 4.27. The molecule has 7 nitrogen and oxygen atoms in total. The summed E-state index contributed by atoms with van der Waals surface area (Å²) in [7, 11) is 1.90. The zero-order valence-corrected chi connectivity index (χ0v) is 14.8. The molecule has 4 rings (SSSR count). The third kappa shape index (κ3) is 3.48. The Morgan fingerprint density at radius 1 is 1.11 bits per heavy atom. The number of benzene rings is 1. The summed E-state index contributed by atoms with van der Waals surface area (Å²) < 4.78 is 1.60. The molecule has 27 heavy (non-hydrogen) atoms. The van der Waals surface area contributed by atoms with Gasteiger partial charge in [0, 0.05) is 26.0 Å². The van der Waals surface area contributed by atoms with Crippen molar-refractivity contribution < 1.29 is 4.79 Å². The van der Waals surface area contributed by atoms with Crippen LogP contribution in [0.15, 0.2) is 73.3 Å². The lowest BCUT2D eigenvalue weighted by Gasteiger charge is -2.17. The number of nitrogens with one attached hydrogen (secondary N) is 1. The van der Waals surface area contributed by atoms with Crippen molar-refractivity contribution >= 4 is 23.1 Å². The summed E-state index contributed by atoms with van der Waals surface area (Å²) >= 11 is 0. The number of amides is 1. The molecule has 1 N–H and O–H groups in total. The molecule has 0 spiro atoms. The van der Waals surface area contributed by atoms with Gasteiger partial charge in [0.1, 0.15) is 11.4 Å². The second kappa shape index (κ2) is 7.25. The molecular weight excluding hydrogens is 340 g/mol. The van der Waals surface area contributed by atoms with Crippen LogP contribution in [0.2, 0.25) is 0 Å². The number of hydrogen-bond acceptors (Lipinski definition) is 5. The summed E-state index contributed by atoms with van der Waals surface area (Å²) in [5.41, 5.74) is 2.89.